The number of carbonyl (C=O) groups is 1. The number of nitrogens with zero attached hydrogens (tertiary/aromatic N) is 1. The molecule has 1 saturated heterocycles. The average molecular weight is 263 g/mol. The molecule has 0 N–H and O–H groups in total. The minimum Gasteiger partial charge on any atom is -0.303 e. The van der Waals surface area contributed by atoms with Gasteiger partial charge in [0.2, 0.25) is 0 Å². The molecule has 1 aliphatic heterocycles. The van der Waals surface area contributed by atoms with Crippen LogP contribution in [0.3, 0.4) is 0 Å². The summed E-state index contributed by atoms with van der Waals surface area (Å²) in [5, 5.41) is 0. The summed E-state index contributed by atoms with van der Waals surface area (Å²) < 4.78 is 0. The van der Waals surface area contributed by atoms with Crippen molar-refractivity contribution < 1.29 is 4.79 Å². The molecule has 2 nitrogen and oxygen atoms in total. The van der Waals surface area contributed by atoms with Gasteiger partial charge < -0.3 is 4.90 Å². The lowest BCUT2D eigenvalue weighted by molar-refractivity contribution is -0.128. The van der Waals surface area contributed by atoms with Crippen LogP contribution in [0.5, 0.6) is 0 Å². The molecule has 3 fully saturated rings. The minimum absolute atomic E-state index is 0.0485. The lowest BCUT2D eigenvalue weighted by Gasteiger charge is -2.40. The Hall–Kier alpha value is -0.370. The molecule has 0 amide bonds. The van der Waals surface area contributed by atoms with E-state index in [4.69, 9.17) is 0 Å². The Kier molecular flexibility index (Phi) is 3.49. The molecular formula is C17H29NO. The highest BCUT2D eigenvalue weighted by molar-refractivity contribution is 5.88. The Morgan fingerprint density at radius 1 is 1.05 bits per heavy atom. The number of Topliss-reactive ketones (excluding diaryl/α,β-unsaturated/α-hetero) is 1. The highest BCUT2D eigenvalue weighted by Gasteiger charge is 2.42. The van der Waals surface area contributed by atoms with Crippen LogP contribution in [0.1, 0.15) is 65.2 Å². The molecule has 2 aliphatic carbocycles. The van der Waals surface area contributed by atoms with Gasteiger partial charge in [-0.25, -0.2) is 0 Å². The number of rotatable bonds is 2. The molecule has 2 heteroatoms. The van der Waals surface area contributed by atoms with E-state index in [0.29, 0.717) is 17.1 Å². The first-order valence-electron chi connectivity index (χ1n) is 8.28. The number of hydrogen-bond acceptors (Lipinski definition) is 2. The molecule has 1 atom stereocenters. The molecule has 108 valence electrons. The van der Waals surface area contributed by atoms with Gasteiger partial charge in [-0.2, -0.15) is 0 Å². The first-order chi connectivity index (χ1) is 9.01. The van der Waals surface area contributed by atoms with Gasteiger partial charge in [0.15, 0.2) is 0 Å². The Balaban J connectivity index is 1.51. The van der Waals surface area contributed by atoms with E-state index in [2.05, 4.69) is 18.7 Å². The predicted octanol–water partition coefficient (Wildman–Crippen LogP) is 3.65. The quantitative estimate of drug-likeness (QED) is 0.758. The third-order valence-corrected chi connectivity index (χ3v) is 6.22. The van der Waals surface area contributed by atoms with Crippen LogP contribution in [0.2, 0.25) is 0 Å². The van der Waals surface area contributed by atoms with Gasteiger partial charge in [-0.15, -0.1) is 0 Å². The van der Waals surface area contributed by atoms with Gasteiger partial charge in [0.1, 0.15) is 5.78 Å². The monoisotopic (exact) mass is 263 g/mol. The Morgan fingerprint density at radius 3 is 2.21 bits per heavy atom. The summed E-state index contributed by atoms with van der Waals surface area (Å²) in [5.74, 6) is 0.848. The van der Waals surface area contributed by atoms with E-state index in [9.17, 15) is 4.79 Å². The summed E-state index contributed by atoms with van der Waals surface area (Å²) in [7, 11) is 0. The van der Waals surface area contributed by atoms with Gasteiger partial charge in [0, 0.05) is 17.9 Å². The van der Waals surface area contributed by atoms with Crippen LogP contribution in [-0.2, 0) is 4.79 Å². The zero-order valence-electron chi connectivity index (χ0n) is 12.7. The van der Waals surface area contributed by atoms with Gasteiger partial charge in [-0.05, 0) is 57.0 Å². The number of likely N-dealkylation sites (tertiary alicyclic amines) is 1. The van der Waals surface area contributed by atoms with Crippen molar-refractivity contribution in [1.82, 2.24) is 4.90 Å². The highest BCUT2D eigenvalue weighted by atomic mass is 16.1. The second-order valence-corrected chi connectivity index (χ2v) is 7.99. The zero-order valence-corrected chi connectivity index (χ0v) is 12.7. The molecule has 1 heterocycles. The van der Waals surface area contributed by atoms with E-state index in [0.717, 1.165) is 19.4 Å². The van der Waals surface area contributed by atoms with Crippen LogP contribution < -0.4 is 0 Å². The topological polar surface area (TPSA) is 20.3 Å². The Labute approximate surface area is 117 Å². The lowest BCUT2D eigenvalue weighted by Crippen LogP contribution is -2.42. The third kappa shape index (κ3) is 2.61. The van der Waals surface area contributed by atoms with Crippen LogP contribution in [0.4, 0.5) is 0 Å². The molecule has 1 spiro atoms. The fraction of sp³-hybridized carbons (Fsp3) is 0.941. The molecule has 3 aliphatic rings. The largest absolute Gasteiger partial charge is 0.303 e. The maximum Gasteiger partial charge on any atom is 0.142 e. The minimum atomic E-state index is -0.0485. The second-order valence-electron chi connectivity index (χ2n) is 7.99. The van der Waals surface area contributed by atoms with E-state index in [-0.39, 0.29) is 5.41 Å². The van der Waals surface area contributed by atoms with Crippen molar-refractivity contribution in [3.63, 3.8) is 0 Å². The third-order valence-electron chi connectivity index (χ3n) is 6.22. The first-order valence-corrected chi connectivity index (χ1v) is 8.28. The van der Waals surface area contributed by atoms with Gasteiger partial charge in [-0.3, -0.25) is 4.79 Å². The van der Waals surface area contributed by atoms with Crippen LogP contribution in [0, 0.1) is 16.7 Å². The zero-order chi connectivity index (χ0) is 13.5. The van der Waals surface area contributed by atoms with Gasteiger partial charge >= 0.3 is 0 Å². The van der Waals surface area contributed by atoms with Crippen molar-refractivity contribution >= 4 is 5.78 Å². The normalized spacial score (nSPS) is 34.2. The van der Waals surface area contributed by atoms with E-state index < -0.39 is 0 Å². The lowest BCUT2D eigenvalue weighted by atomic mass is 9.77. The predicted molar refractivity (Wildman–Crippen MR) is 78.1 cm³/mol. The van der Waals surface area contributed by atoms with Gasteiger partial charge in [0.25, 0.3) is 0 Å². The number of carbonyl (C=O) groups excluding carboxylic acids is 1. The van der Waals surface area contributed by atoms with E-state index in [1.54, 1.807) is 0 Å². The molecule has 0 aromatic rings. The number of ketones is 1. The maximum absolute atomic E-state index is 12.3. The van der Waals surface area contributed by atoms with E-state index in [1.807, 2.05) is 0 Å². The summed E-state index contributed by atoms with van der Waals surface area (Å²) in [6, 6.07) is 0. The van der Waals surface area contributed by atoms with E-state index in [1.165, 1.54) is 51.6 Å². The Bertz CT molecular complexity index is 344. The van der Waals surface area contributed by atoms with Crippen molar-refractivity contribution in [3.05, 3.63) is 0 Å². The van der Waals surface area contributed by atoms with Crippen molar-refractivity contribution in [3.8, 4) is 0 Å². The van der Waals surface area contributed by atoms with Crippen LogP contribution in [0.15, 0.2) is 0 Å². The summed E-state index contributed by atoms with van der Waals surface area (Å²) in [6.45, 7) is 7.77. The number of hydrogen-bond donors (Lipinski definition) is 0. The van der Waals surface area contributed by atoms with Crippen LogP contribution >= 0.6 is 0 Å². The fourth-order valence-electron chi connectivity index (χ4n) is 4.66. The van der Waals surface area contributed by atoms with Gasteiger partial charge in [0.05, 0.1) is 0 Å². The average Bonchev–Trinajstić information content (AvgIpc) is 2.93. The van der Waals surface area contributed by atoms with Crippen molar-refractivity contribution in [2.24, 2.45) is 16.7 Å². The Morgan fingerprint density at radius 2 is 1.68 bits per heavy atom. The van der Waals surface area contributed by atoms with Gasteiger partial charge in [-0.1, -0.05) is 26.7 Å². The summed E-state index contributed by atoms with van der Waals surface area (Å²) in [5.41, 5.74) is 0.655. The number of piperidine rings is 1. The molecule has 19 heavy (non-hydrogen) atoms. The SMILES string of the molecule is CC1(C)CCC(CN2CCC3(CCCC3)CC2)C1=O. The standard InChI is InChI=1S/C17H29NO/c1-16(2)8-5-14(15(16)19)13-18-11-9-17(10-12-18)6-3-4-7-17/h14H,3-13H2,1-2H3. The molecular weight excluding hydrogens is 234 g/mol. The molecule has 0 bridgehead atoms. The fourth-order valence-corrected chi connectivity index (χ4v) is 4.66. The molecule has 2 saturated carbocycles. The summed E-state index contributed by atoms with van der Waals surface area (Å²) in [6.07, 6.45) is 10.8. The maximum atomic E-state index is 12.3. The molecule has 1 unspecified atom stereocenters. The highest BCUT2D eigenvalue weighted by Crippen LogP contribution is 2.46. The van der Waals surface area contributed by atoms with Crippen molar-refractivity contribution in [2.45, 2.75) is 65.2 Å². The first kappa shape index (κ1) is 13.6. The molecule has 0 aromatic carbocycles. The smallest absolute Gasteiger partial charge is 0.142 e. The van der Waals surface area contributed by atoms with Crippen LogP contribution in [0.25, 0.3) is 0 Å². The van der Waals surface area contributed by atoms with Crippen molar-refractivity contribution in [1.29, 1.82) is 0 Å². The molecule has 0 aromatic heterocycles. The summed E-state index contributed by atoms with van der Waals surface area (Å²) in [4.78, 5) is 14.9. The summed E-state index contributed by atoms with van der Waals surface area (Å²) >= 11 is 0. The molecule has 3 rings (SSSR count). The molecule has 0 radical (unpaired) electrons. The second kappa shape index (κ2) is 4.87. The van der Waals surface area contributed by atoms with Crippen molar-refractivity contribution in [2.75, 3.05) is 19.6 Å². The van der Waals surface area contributed by atoms with Crippen LogP contribution in [-0.4, -0.2) is 30.3 Å². The van der Waals surface area contributed by atoms with E-state index >= 15 is 0 Å².